The van der Waals surface area contributed by atoms with E-state index in [0.717, 1.165) is 12.1 Å². The monoisotopic (exact) mass is 1260 g/mol. The molecule has 32 heteroatoms. The van der Waals surface area contributed by atoms with E-state index in [0.29, 0.717) is 70.0 Å². The Morgan fingerprint density at radius 3 is 1.49 bits per heavy atom. The minimum absolute atomic E-state index is 0.0102. The highest BCUT2D eigenvalue weighted by molar-refractivity contribution is 8.76. The van der Waals surface area contributed by atoms with Crippen molar-refractivity contribution in [3.63, 3.8) is 0 Å². The Morgan fingerprint density at radius 1 is 0.529 bits per heavy atom. The minimum atomic E-state index is -1.90. The van der Waals surface area contributed by atoms with Gasteiger partial charge >= 0.3 is 5.97 Å². The number of hydrogen-bond donors (Lipinski definition) is 14. The van der Waals surface area contributed by atoms with Crippen molar-refractivity contribution in [1.82, 2.24) is 20.9 Å². The maximum Gasteiger partial charge on any atom is 0.303 e. The second-order valence-corrected chi connectivity index (χ2v) is 23.1. The number of carboxylic acids is 1. The van der Waals surface area contributed by atoms with Crippen LogP contribution in [0.2, 0.25) is 0 Å². The third kappa shape index (κ3) is 23.7. The number of carboxylic acid groups (broad SMARTS) is 1. The maximum absolute atomic E-state index is 12.4. The molecule has 0 unspecified atom stereocenters. The number of hydrogen-bond acceptors (Lipinski definition) is 28. The number of unbranched alkanes of at least 4 members (excludes halogenated alkanes) is 6. The first kappa shape index (κ1) is 72.6. The highest BCUT2D eigenvalue weighted by atomic mass is 33.1. The lowest BCUT2D eigenvalue weighted by atomic mass is 9.97. The Bertz CT molecular complexity index is 2070. The number of nitrogens with zero attached hydrogens (tertiary/aromatic N) is 1. The Hall–Kier alpha value is -3.11. The third-order valence-corrected chi connectivity index (χ3v) is 16.5. The second kappa shape index (κ2) is 39.1. The molecule has 4 saturated heterocycles. The van der Waals surface area contributed by atoms with Crippen LogP contribution >= 0.6 is 21.6 Å². The zero-order chi connectivity index (χ0) is 61.8. The number of aliphatic carboxylic acids is 1. The van der Waals surface area contributed by atoms with Gasteiger partial charge in [-0.3, -0.25) is 19.2 Å². The molecule has 4 aliphatic rings. The molecule has 4 aliphatic heterocycles. The molecule has 0 bridgehead atoms. The van der Waals surface area contributed by atoms with Crippen molar-refractivity contribution < 1.29 is 127 Å². The predicted molar refractivity (Wildman–Crippen MR) is 295 cm³/mol. The Balaban J connectivity index is 1.15. The number of carbonyl (C=O) groups is 4. The van der Waals surface area contributed by atoms with Gasteiger partial charge in [0.15, 0.2) is 31.5 Å². The Labute approximate surface area is 500 Å². The summed E-state index contributed by atoms with van der Waals surface area (Å²) in [5, 5.41) is 128. The molecule has 1 aromatic rings. The third-order valence-electron chi connectivity index (χ3n) is 14.3. The number of rotatable bonds is 39. The van der Waals surface area contributed by atoms with Crippen molar-refractivity contribution in [1.29, 1.82) is 0 Å². The van der Waals surface area contributed by atoms with E-state index < -0.39 is 149 Å². The van der Waals surface area contributed by atoms with Gasteiger partial charge in [0.1, 0.15) is 96.6 Å². The van der Waals surface area contributed by atoms with Gasteiger partial charge in [-0.15, -0.1) is 0 Å². The standard InChI is InChI=1S/C53H88N4O26S2/c1-54-32(59)14-6-3-11-23-75-47-30(27-77-50-43(70)38(65)46(29(26-58)79-50)74-22-12-4-7-15-33(60)55-20-21-56-34(61)18-25-84-85-35-16-9-10-19-57-35)80-51(44(71)39(47)66)78-28-31-48(76-24-13-5-8-17-36(62)63)40(67)45(72)52(81-31)83-53-42(69)37(64)41(68)49(73-2)82-53/h9-10,16,19,29-31,37-53,58,64-72H,3-8,11-15,17-18,20-28H2,1-2H3,(H,54,59)(H,55,60)(H,56,61)(H,62,63)/t29-,30-,31-,37-,38-,39-,40-,41-,42+,43-,44-,45-,46-,47-,48-,49+,50+,51+,52-,53-/m1/s1. The molecule has 1 aromatic heterocycles. The largest absolute Gasteiger partial charge is 0.481 e. The number of aliphatic hydroxyl groups excluding tert-OH is 10. The summed E-state index contributed by atoms with van der Waals surface area (Å²) in [5.74, 6) is -0.861. The number of amides is 3. The predicted octanol–water partition coefficient (Wildman–Crippen LogP) is -3.09. The summed E-state index contributed by atoms with van der Waals surface area (Å²) in [5.41, 5.74) is 0. The smallest absolute Gasteiger partial charge is 0.303 e. The van der Waals surface area contributed by atoms with Crippen LogP contribution < -0.4 is 16.0 Å². The van der Waals surface area contributed by atoms with Gasteiger partial charge in [-0.05, 0) is 61.5 Å². The van der Waals surface area contributed by atoms with Crippen molar-refractivity contribution >= 4 is 45.3 Å². The van der Waals surface area contributed by atoms with E-state index in [2.05, 4.69) is 20.9 Å². The van der Waals surface area contributed by atoms with Gasteiger partial charge in [-0.2, -0.15) is 0 Å². The summed E-state index contributed by atoms with van der Waals surface area (Å²) >= 11 is 0. The summed E-state index contributed by atoms with van der Waals surface area (Å²) < 4.78 is 64.0. The zero-order valence-electron chi connectivity index (χ0n) is 47.7. The van der Waals surface area contributed by atoms with E-state index in [4.69, 9.17) is 57.2 Å². The summed E-state index contributed by atoms with van der Waals surface area (Å²) in [6.07, 6.45) is -26.1. The maximum atomic E-state index is 12.4. The first-order chi connectivity index (χ1) is 40.9. The molecule has 85 heavy (non-hydrogen) atoms. The van der Waals surface area contributed by atoms with Gasteiger partial charge in [0.05, 0.1) is 19.8 Å². The quantitative estimate of drug-likeness (QED) is 0.0229. The van der Waals surface area contributed by atoms with Crippen molar-refractivity contribution in [2.45, 2.75) is 212 Å². The van der Waals surface area contributed by atoms with E-state index in [-0.39, 0.29) is 69.9 Å². The summed E-state index contributed by atoms with van der Waals surface area (Å²) in [4.78, 5) is 51.6. The van der Waals surface area contributed by atoms with Crippen molar-refractivity contribution in [2.75, 3.05) is 72.6 Å². The van der Waals surface area contributed by atoms with Gasteiger partial charge in [-0.25, -0.2) is 4.98 Å². The normalized spacial score (nSPS) is 33.3. The minimum Gasteiger partial charge on any atom is -0.481 e. The summed E-state index contributed by atoms with van der Waals surface area (Å²) in [6, 6.07) is 5.61. The number of aliphatic hydroxyl groups is 10. The Morgan fingerprint density at radius 2 is 0.988 bits per heavy atom. The van der Waals surface area contributed by atoms with Crippen LogP contribution in [0.5, 0.6) is 0 Å². The number of nitrogens with one attached hydrogen (secondary N) is 3. The molecular weight excluding hydrogens is 1170 g/mol. The Kier molecular flexibility index (Phi) is 33.4. The number of carbonyl (C=O) groups excluding carboxylic acids is 3. The van der Waals surface area contributed by atoms with Crippen LogP contribution in [-0.2, 0) is 71.3 Å². The van der Waals surface area contributed by atoms with Crippen molar-refractivity contribution in [3.05, 3.63) is 24.4 Å². The summed E-state index contributed by atoms with van der Waals surface area (Å²) in [7, 11) is 5.69. The molecule has 0 saturated carbocycles. The molecule has 0 aliphatic carbocycles. The number of pyridine rings is 1. The number of ether oxygens (including phenoxy) is 11. The van der Waals surface area contributed by atoms with Crippen LogP contribution in [-0.4, -0.2) is 280 Å². The topological polar surface area (TPSA) is 441 Å². The van der Waals surface area contributed by atoms with E-state index >= 15 is 0 Å². The van der Waals surface area contributed by atoms with Crippen molar-refractivity contribution in [3.8, 4) is 0 Å². The molecular formula is C53H88N4O26S2. The van der Waals surface area contributed by atoms with Crippen LogP contribution in [0.25, 0.3) is 0 Å². The van der Waals surface area contributed by atoms with Crippen LogP contribution in [0.1, 0.15) is 83.5 Å². The fourth-order valence-electron chi connectivity index (χ4n) is 9.45. The van der Waals surface area contributed by atoms with Crippen molar-refractivity contribution in [2.24, 2.45) is 0 Å². The zero-order valence-corrected chi connectivity index (χ0v) is 49.4. The van der Waals surface area contributed by atoms with Gasteiger partial charge in [-0.1, -0.05) is 36.1 Å². The molecule has 0 radical (unpaired) electrons. The molecule has 20 atom stereocenters. The first-order valence-electron chi connectivity index (χ1n) is 28.7. The van der Waals surface area contributed by atoms with Crippen LogP contribution in [0.4, 0.5) is 0 Å². The van der Waals surface area contributed by atoms with Crippen LogP contribution in [0, 0.1) is 0 Å². The molecule has 5 heterocycles. The van der Waals surface area contributed by atoms with Gasteiger partial charge in [0.25, 0.3) is 0 Å². The molecule has 0 aromatic carbocycles. The van der Waals surface area contributed by atoms with E-state index in [1.54, 1.807) is 6.20 Å². The van der Waals surface area contributed by atoms with Gasteiger partial charge in [0.2, 0.25) is 17.7 Å². The molecule has 30 nitrogen and oxygen atoms in total. The fraction of sp³-hybridized carbons (Fsp3) is 0.830. The summed E-state index contributed by atoms with van der Waals surface area (Å²) in [6.45, 7) is -1.31. The molecule has 5 rings (SSSR count). The number of methoxy groups -OCH3 is 1. The van der Waals surface area contributed by atoms with Crippen LogP contribution in [0.3, 0.4) is 0 Å². The SMILES string of the molecule is CNC(=O)CCCCCO[C@H]1[C@H](O)[C@@H](O)[C@@H](OC[C@H]2O[C@H](O[C@H]3O[C@H](OC)[C@H](O)[C@@H](O)[C@@H]3O)[C@H](O)[C@@H](O)[C@@H]2OCCCCCC(=O)O)O[C@@H]1CO[C@H]1O[C@H](CO)[C@@H](OCCCCCC(=O)NCCNC(=O)CCSSc2ccccn2)[C@H](O)[C@H]1O. The molecule has 488 valence electrons. The van der Waals surface area contributed by atoms with E-state index in [9.17, 15) is 70.2 Å². The van der Waals surface area contributed by atoms with Gasteiger partial charge < -0.3 is 124 Å². The molecule has 4 fully saturated rings. The highest BCUT2D eigenvalue weighted by Gasteiger charge is 2.53. The molecule has 14 N–H and O–H groups in total. The fourth-order valence-corrected chi connectivity index (χ4v) is 11.3. The average Bonchev–Trinajstić information content (AvgIpc) is 2.96. The average molecular weight is 1260 g/mol. The van der Waals surface area contributed by atoms with E-state index in [1.165, 1.54) is 28.6 Å². The molecule has 3 amide bonds. The lowest BCUT2D eigenvalue weighted by Gasteiger charge is -2.46. The molecule has 0 spiro atoms. The van der Waals surface area contributed by atoms with E-state index in [1.807, 2.05) is 18.2 Å². The highest BCUT2D eigenvalue weighted by Crippen LogP contribution is 2.33. The van der Waals surface area contributed by atoms with Crippen LogP contribution in [0.15, 0.2) is 29.4 Å². The second-order valence-electron chi connectivity index (χ2n) is 20.7. The van der Waals surface area contributed by atoms with Gasteiger partial charge in [0, 0.05) is 84.7 Å². The lowest BCUT2D eigenvalue weighted by molar-refractivity contribution is -0.400. The number of aromatic nitrogens is 1. The first-order valence-corrected chi connectivity index (χ1v) is 31.0. The lowest BCUT2D eigenvalue weighted by Crippen LogP contribution is -2.65.